The van der Waals surface area contributed by atoms with Crippen LogP contribution in [0.3, 0.4) is 0 Å². The normalized spacial score (nSPS) is 46.0. The summed E-state index contributed by atoms with van der Waals surface area (Å²) in [7, 11) is 0. The summed E-state index contributed by atoms with van der Waals surface area (Å²) in [5.74, 6) is 2.21. The molecule has 184 valence electrons. The van der Waals surface area contributed by atoms with Crippen LogP contribution in [0.1, 0.15) is 105 Å². The average molecular weight is 455 g/mol. The van der Waals surface area contributed by atoms with Gasteiger partial charge in [0.05, 0.1) is 11.5 Å². The number of alkyl halides is 3. The summed E-state index contributed by atoms with van der Waals surface area (Å²) in [6, 6.07) is 0. The lowest BCUT2D eigenvalue weighted by molar-refractivity contribution is -0.171. The quantitative estimate of drug-likeness (QED) is 0.414. The molecule has 4 rings (SSSR count). The molecule has 0 aliphatic heterocycles. The summed E-state index contributed by atoms with van der Waals surface area (Å²) in [5.41, 5.74) is 1.57. The van der Waals surface area contributed by atoms with E-state index >= 15 is 0 Å². The number of allylic oxidation sites excluding steroid dienone is 1. The molecular weight excluding hydrogens is 409 g/mol. The summed E-state index contributed by atoms with van der Waals surface area (Å²) in [6.45, 7) is 10.6. The second-order valence-electron chi connectivity index (χ2n) is 13.0. The van der Waals surface area contributed by atoms with Crippen LogP contribution >= 0.6 is 0 Å². The molecule has 0 heterocycles. The molecule has 32 heavy (non-hydrogen) atoms. The predicted molar refractivity (Wildman–Crippen MR) is 124 cm³/mol. The van der Waals surface area contributed by atoms with Crippen LogP contribution in [0.2, 0.25) is 0 Å². The second kappa shape index (κ2) is 8.31. The van der Waals surface area contributed by atoms with Crippen molar-refractivity contribution in [3.63, 3.8) is 0 Å². The van der Waals surface area contributed by atoms with Crippen LogP contribution in [0.25, 0.3) is 0 Å². The van der Waals surface area contributed by atoms with Gasteiger partial charge in [0, 0.05) is 0 Å². The molecule has 0 aromatic carbocycles. The molecule has 0 amide bonds. The van der Waals surface area contributed by atoms with Gasteiger partial charge in [-0.2, -0.15) is 13.2 Å². The van der Waals surface area contributed by atoms with Gasteiger partial charge in [-0.05, 0) is 105 Å². The fourth-order valence-electron chi connectivity index (χ4n) is 8.89. The van der Waals surface area contributed by atoms with E-state index in [0.717, 1.165) is 49.9 Å². The largest absolute Gasteiger partial charge is 0.391 e. The Hall–Kier alpha value is -0.510. The van der Waals surface area contributed by atoms with Crippen LogP contribution in [0.4, 0.5) is 13.2 Å². The third-order valence-corrected chi connectivity index (χ3v) is 11.0. The van der Waals surface area contributed by atoms with Crippen LogP contribution in [-0.4, -0.2) is 16.9 Å². The zero-order chi connectivity index (χ0) is 23.5. The lowest BCUT2D eigenvalue weighted by Gasteiger charge is -2.59. The van der Waals surface area contributed by atoms with E-state index < -0.39 is 17.7 Å². The molecular formula is C28H45F3O. The van der Waals surface area contributed by atoms with Crippen LogP contribution in [-0.2, 0) is 0 Å². The Labute approximate surface area is 193 Å². The van der Waals surface area contributed by atoms with Crippen molar-refractivity contribution in [1.29, 1.82) is 0 Å². The Balaban J connectivity index is 1.43. The summed E-state index contributed by atoms with van der Waals surface area (Å²) >= 11 is 0. The molecule has 4 heteroatoms. The van der Waals surface area contributed by atoms with Crippen LogP contribution in [0.5, 0.6) is 0 Å². The zero-order valence-corrected chi connectivity index (χ0v) is 20.9. The molecule has 1 nitrogen and oxygen atoms in total. The standard InChI is InChI=1S/C28H45F3O/c1-18(7-6-8-19(2)28(29,30)31)22-11-12-23-21-10-9-20-17-25(3,32)15-16-26(20,4)24(21)13-14-27(22,23)5/h9,18-19,21-24,32H,6-8,10-17H2,1-5H3/t18-,19?,21+,22-,23+,24+,25+,26+,27-/m1/s1. The highest BCUT2D eigenvalue weighted by Crippen LogP contribution is 2.67. The smallest absolute Gasteiger partial charge is 0.390 e. The Morgan fingerprint density at radius 2 is 1.72 bits per heavy atom. The first-order valence-corrected chi connectivity index (χ1v) is 13.3. The number of halogens is 3. The number of hydrogen-bond donors (Lipinski definition) is 1. The first-order chi connectivity index (χ1) is 14.8. The van der Waals surface area contributed by atoms with Gasteiger partial charge < -0.3 is 5.11 Å². The van der Waals surface area contributed by atoms with Crippen molar-refractivity contribution in [2.75, 3.05) is 0 Å². The van der Waals surface area contributed by atoms with E-state index in [0.29, 0.717) is 23.7 Å². The minimum absolute atomic E-state index is 0.254. The summed E-state index contributed by atoms with van der Waals surface area (Å²) in [5, 5.41) is 10.7. The first-order valence-electron chi connectivity index (χ1n) is 13.3. The molecule has 0 bridgehead atoms. The Morgan fingerprint density at radius 3 is 2.41 bits per heavy atom. The molecule has 1 N–H and O–H groups in total. The highest BCUT2D eigenvalue weighted by molar-refractivity contribution is 5.26. The van der Waals surface area contributed by atoms with Crippen molar-refractivity contribution < 1.29 is 18.3 Å². The Kier molecular flexibility index (Phi) is 6.39. The second-order valence-corrected chi connectivity index (χ2v) is 13.0. The maximum atomic E-state index is 12.9. The fourth-order valence-corrected chi connectivity index (χ4v) is 8.89. The van der Waals surface area contributed by atoms with Crippen molar-refractivity contribution in [2.24, 2.45) is 46.3 Å². The minimum Gasteiger partial charge on any atom is -0.390 e. The number of fused-ring (bicyclic) bond motifs is 5. The van der Waals surface area contributed by atoms with Gasteiger partial charge in [-0.3, -0.25) is 0 Å². The van der Waals surface area contributed by atoms with Crippen LogP contribution in [0.15, 0.2) is 11.6 Å². The van der Waals surface area contributed by atoms with E-state index in [4.69, 9.17) is 0 Å². The molecule has 0 saturated heterocycles. The molecule has 4 aliphatic carbocycles. The SMILES string of the molecule is CC(CCC[C@@H](C)[C@H]1CC[C@H]2[C@@H]3CC=C4C[C@@](C)(O)CC[C@]4(C)[C@H]3CC[C@]12C)C(F)(F)F. The summed E-state index contributed by atoms with van der Waals surface area (Å²) in [4.78, 5) is 0. The van der Waals surface area contributed by atoms with Crippen molar-refractivity contribution in [2.45, 2.75) is 117 Å². The first kappa shape index (κ1) is 24.6. The molecule has 1 unspecified atom stereocenters. The lowest BCUT2D eigenvalue weighted by atomic mass is 9.46. The molecule has 0 spiro atoms. The van der Waals surface area contributed by atoms with Crippen LogP contribution < -0.4 is 0 Å². The Morgan fingerprint density at radius 1 is 1.00 bits per heavy atom. The number of aliphatic hydroxyl groups is 1. The molecule has 3 saturated carbocycles. The average Bonchev–Trinajstić information content (AvgIpc) is 3.05. The molecule has 9 atom stereocenters. The van der Waals surface area contributed by atoms with Gasteiger partial charge in [0.15, 0.2) is 0 Å². The zero-order valence-electron chi connectivity index (χ0n) is 20.9. The number of hydrogen-bond acceptors (Lipinski definition) is 1. The molecule has 4 aliphatic rings. The fraction of sp³-hybridized carbons (Fsp3) is 0.929. The van der Waals surface area contributed by atoms with E-state index in [9.17, 15) is 18.3 Å². The van der Waals surface area contributed by atoms with Gasteiger partial charge in [0.2, 0.25) is 0 Å². The van der Waals surface area contributed by atoms with E-state index in [1.165, 1.54) is 38.2 Å². The van der Waals surface area contributed by atoms with Crippen molar-refractivity contribution in [1.82, 2.24) is 0 Å². The van der Waals surface area contributed by atoms with Gasteiger partial charge >= 0.3 is 6.18 Å². The van der Waals surface area contributed by atoms with Crippen molar-refractivity contribution in [3.05, 3.63) is 11.6 Å². The Bertz CT molecular complexity index is 725. The third-order valence-electron chi connectivity index (χ3n) is 11.0. The van der Waals surface area contributed by atoms with Gasteiger partial charge in [-0.25, -0.2) is 0 Å². The van der Waals surface area contributed by atoms with Gasteiger partial charge in [-0.15, -0.1) is 0 Å². The van der Waals surface area contributed by atoms with Gasteiger partial charge in [-0.1, -0.05) is 52.2 Å². The van der Waals surface area contributed by atoms with Crippen molar-refractivity contribution >= 4 is 0 Å². The molecule has 3 fully saturated rings. The third kappa shape index (κ3) is 4.20. The summed E-state index contributed by atoms with van der Waals surface area (Å²) < 4.78 is 38.7. The topological polar surface area (TPSA) is 20.2 Å². The highest BCUT2D eigenvalue weighted by atomic mass is 19.4. The van der Waals surface area contributed by atoms with Gasteiger partial charge in [0.25, 0.3) is 0 Å². The molecule has 0 radical (unpaired) electrons. The molecule has 0 aromatic heterocycles. The van der Waals surface area contributed by atoms with E-state index in [-0.39, 0.29) is 11.8 Å². The maximum Gasteiger partial charge on any atom is 0.391 e. The predicted octanol–water partition coefficient (Wildman–Crippen LogP) is 8.32. The van der Waals surface area contributed by atoms with E-state index in [1.807, 2.05) is 6.92 Å². The minimum atomic E-state index is -4.05. The van der Waals surface area contributed by atoms with Gasteiger partial charge in [0.1, 0.15) is 0 Å². The van der Waals surface area contributed by atoms with Crippen LogP contribution in [0, 0.1) is 46.3 Å². The van der Waals surface area contributed by atoms with E-state index in [1.54, 1.807) is 0 Å². The maximum absolute atomic E-state index is 12.9. The molecule has 0 aromatic rings. The summed E-state index contributed by atoms with van der Waals surface area (Å²) in [6.07, 6.45) is 9.43. The highest BCUT2D eigenvalue weighted by Gasteiger charge is 2.59. The van der Waals surface area contributed by atoms with E-state index in [2.05, 4.69) is 26.8 Å². The van der Waals surface area contributed by atoms with Crippen molar-refractivity contribution in [3.8, 4) is 0 Å². The lowest BCUT2D eigenvalue weighted by Crippen LogP contribution is -2.52. The number of rotatable bonds is 5. The monoisotopic (exact) mass is 454 g/mol.